The first-order valence-electron chi connectivity index (χ1n) is 7.35. The van der Waals surface area contributed by atoms with E-state index in [9.17, 15) is 8.78 Å². The van der Waals surface area contributed by atoms with E-state index < -0.39 is 0 Å². The Labute approximate surface area is 121 Å². The van der Waals surface area contributed by atoms with E-state index in [0.717, 1.165) is 13.0 Å². The summed E-state index contributed by atoms with van der Waals surface area (Å²) in [4.78, 5) is 0. The molecule has 0 saturated carbocycles. The number of aryl methyl sites for hydroxylation is 1. The van der Waals surface area contributed by atoms with Crippen molar-refractivity contribution in [3.05, 3.63) is 34.9 Å². The summed E-state index contributed by atoms with van der Waals surface area (Å²) in [6.45, 7) is 13.0. The standard InChI is InChI=1S/C17H27F2N/c1-7-20-16(9-12(3)17(4,5)6)13-10-14(18)11(2)8-15(13)19/h8,10,12,16,20H,7,9H2,1-6H3. The van der Waals surface area contributed by atoms with E-state index in [-0.39, 0.29) is 23.1 Å². The normalized spacial score (nSPS) is 15.2. The SMILES string of the molecule is CCNC(CC(C)C(C)(C)C)c1cc(F)c(C)cc1F. The largest absolute Gasteiger partial charge is 0.310 e. The Kier molecular flexibility index (Phi) is 5.69. The molecule has 1 nitrogen and oxygen atoms in total. The number of benzene rings is 1. The van der Waals surface area contributed by atoms with Crippen molar-refractivity contribution in [1.29, 1.82) is 0 Å². The Morgan fingerprint density at radius 1 is 1.15 bits per heavy atom. The summed E-state index contributed by atoms with van der Waals surface area (Å²) < 4.78 is 27.9. The molecule has 0 amide bonds. The summed E-state index contributed by atoms with van der Waals surface area (Å²) in [6, 6.07) is 2.48. The second kappa shape index (κ2) is 6.66. The molecule has 0 heterocycles. The molecule has 1 aromatic carbocycles. The molecule has 114 valence electrons. The summed E-state index contributed by atoms with van der Waals surface area (Å²) in [5.41, 5.74) is 0.935. The number of rotatable bonds is 5. The van der Waals surface area contributed by atoms with E-state index in [1.807, 2.05) is 6.92 Å². The van der Waals surface area contributed by atoms with E-state index in [2.05, 4.69) is 33.0 Å². The van der Waals surface area contributed by atoms with Gasteiger partial charge in [-0.15, -0.1) is 0 Å². The smallest absolute Gasteiger partial charge is 0.128 e. The van der Waals surface area contributed by atoms with Crippen molar-refractivity contribution in [3.8, 4) is 0 Å². The van der Waals surface area contributed by atoms with Crippen molar-refractivity contribution in [1.82, 2.24) is 5.32 Å². The number of hydrogen-bond acceptors (Lipinski definition) is 1. The summed E-state index contributed by atoms with van der Waals surface area (Å²) in [5, 5.41) is 3.28. The van der Waals surface area contributed by atoms with Crippen LogP contribution in [0, 0.1) is 29.9 Å². The van der Waals surface area contributed by atoms with Gasteiger partial charge in [0.25, 0.3) is 0 Å². The van der Waals surface area contributed by atoms with E-state index in [1.165, 1.54) is 12.1 Å². The van der Waals surface area contributed by atoms with Gasteiger partial charge in [-0.25, -0.2) is 8.78 Å². The van der Waals surface area contributed by atoms with Crippen LogP contribution in [0.15, 0.2) is 12.1 Å². The molecule has 0 aliphatic rings. The predicted molar refractivity (Wildman–Crippen MR) is 80.7 cm³/mol. The first kappa shape index (κ1) is 17.1. The molecule has 0 spiro atoms. The maximum Gasteiger partial charge on any atom is 0.128 e. The molecule has 1 N–H and O–H groups in total. The molecule has 1 aromatic rings. The van der Waals surface area contributed by atoms with E-state index in [1.54, 1.807) is 6.92 Å². The zero-order valence-corrected chi connectivity index (χ0v) is 13.5. The first-order chi connectivity index (χ1) is 9.16. The predicted octanol–water partition coefficient (Wildman–Crippen LogP) is 5.00. The summed E-state index contributed by atoms with van der Waals surface area (Å²) in [5.74, 6) is -0.265. The quantitative estimate of drug-likeness (QED) is 0.802. The van der Waals surface area contributed by atoms with Gasteiger partial charge < -0.3 is 5.32 Å². The molecule has 2 atom stereocenters. The van der Waals surface area contributed by atoms with Crippen LogP contribution in [-0.4, -0.2) is 6.54 Å². The molecule has 0 aliphatic carbocycles. The average Bonchev–Trinajstić information content (AvgIpc) is 2.32. The molecule has 20 heavy (non-hydrogen) atoms. The van der Waals surface area contributed by atoms with Crippen LogP contribution in [0.1, 0.15) is 58.2 Å². The lowest BCUT2D eigenvalue weighted by atomic mass is 9.77. The van der Waals surface area contributed by atoms with E-state index in [0.29, 0.717) is 17.0 Å². The Morgan fingerprint density at radius 3 is 2.25 bits per heavy atom. The van der Waals surface area contributed by atoms with Gasteiger partial charge in [-0.1, -0.05) is 34.6 Å². The Hall–Kier alpha value is -0.960. The minimum Gasteiger partial charge on any atom is -0.310 e. The second-order valence-electron chi connectivity index (χ2n) is 6.74. The molecule has 3 heteroatoms. The zero-order valence-electron chi connectivity index (χ0n) is 13.5. The van der Waals surface area contributed by atoms with Gasteiger partial charge in [0.1, 0.15) is 11.6 Å². The third-order valence-corrected chi connectivity index (χ3v) is 4.17. The van der Waals surface area contributed by atoms with Crippen LogP contribution in [0.5, 0.6) is 0 Å². The van der Waals surface area contributed by atoms with Gasteiger partial charge in [-0.3, -0.25) is 0 Å². The van der Waals surface area contributed by atoms with Gasteiger partial charge in [-0.2, -0.15) is 0 Å². The van der Waals surface area contributed by atoms with Crippen LogP contribution in [0.4, 0.5) is 8.78 Å². The van der Waals surface area contributed by atoms with Gasteiger partial charge in [0.2, 0.25) is 0 Å². The second-order valence-corrected chi connectivity index (χ2v) is 6.74. The van der Waals surface area contributed by atoms with Crippen molar-refractivity contribution in [3.63, 3.8) is 0 Å². The topological polar surface area (TPSA) is 12.0 Å². The fraction of sp³-hybridized carbons (Fsp3) is 0.647. The molecule has 0 fully saturated rings. The Morgan fingerprint density at radius 2 is 1.75 bits per heavy atom. The highest BCUT2D eigenvalue weighted by Gasteiger charge is 2.26. The van der Waals surface area contributed by atoms with Gasteiger partial charge in [-0.05, 0) is 48.9 Å². The molecule has 1 rings (SSSR count). The third-order valence-electron chi connectivity index (χ3n) is 4.17. The number of nitrogens with one attached hydrogen (secondary N) is 1. The molecule has 0 aliphatic heterocycles. The van der Waals surface area contributed by atoms with Crippen LogP contribution in [0.25, 0.3) is 0 Å². The van der Waals surface area contributed by atoms with Crippen molar-refractivity contribution >= 4 is 0 Å². The van der Waals surface area contributed by atoms with Crippen molar-refractivity contribution in [2.24, 2.45) is 11.3 Å². The van der Waals surface area contributed by atoms with Crippen LogP contribution >= 0.6 is 0 Å². The van der Waals surface area contributed by atoms with Crippen LogP contribution in [0.3, 0.4) is 0 Å². The van der Waals surface area contributed by atoms with E-state index in [4.69, 9.17) is 0 Å². The minimum absolute atomic E-state index is 0.146. The first-order valence-corrected chi connectivity index (χ1v) is 7.35. The van der Waals surface area contributed by atoms with Gasteiger partial charge in [0, 0.05) is 11.6 Å². The lowest BCUT2D eigenvalue weighted by molar-refractivity contribution is 0.222. The molecular weight excluding hydrogens is 256 g/mol. The van der Waals surface area contributed by atoms with Gasteiger partial charge in [0.15, 0.2) is 0 Å². The van der Waals surface area contributed by atoms with Crippen molar-refractivity contribution in [2.75, 3.05) is 6.54 Å². The van der Waals surface area contributed by atoms with Crippen LogP contribution in [0.2, 0.25) is 0 Å². The fourth-order valence-electron chi connectivity index (χ4n) is 2.20. The molecule has 0 saturated heterocycles. The summed E-state index contributed by atoms with van der Waals surface area (Å²) in [7, 11) is 0. The highest BCUT2D eigenvalue weighted by atomic mass is 19.1. The Bertz CT molecular complexity index is 449. The molecule has 2 unspecified atom stereocenters. The maximum atomic E-state index is 14.1. The van der Waals surface area contributed by atoms with Gasteiger partial charge in [0.05, 0.1) is 0 Å². The zero-order chi connectivity index (χ0) is 15.5. The highest BCUT2D eigenvalue weighted by Crippen LogP contribution is 2.34. The van der Waals surface area contributed by atoms with Crippen LogP contribution < -0.4 is 5.32 Å². The van der Waals surface area contributed by atoms with Crippen LogP contribution in [-0.2, 0) is 0 Å². The lowest BCUT2D eigenvalue weighted by Crippen LogP contribution is -2.28. The Balaban J connectivity index is 3.05. The molecule has 0 radical (unpaired) electrons. The fourth-order valence-corrected chi connectivity index (χ4v) is 2.20. The van der Waals surface area contributed by atoms with E-state index >= 15 is 0 Å². The number of halogens is 2. The third kappa shape index (κ3) is 4.27. The van der Waals surface area contributed by atoms with Gasteiger partial charge >= 0.3 is 0 Å². The lowest BCUT2D eigenvalue weighted by Gasteiger charge is -2.31. The summed E-state index contributed by atoms with van der Waals surface area (Å²) >= 11 is 0. The number of hydrogen-bond donors (Lipinski definition) is 1. The molecule has 0 bridgehead atoms. The summed E-state index contributed by atoms with van der Waals surface area (Å²) in [6.07, 6.45) is 0.788. The maximum absolute atomic E-state index is 14.1. The van der Waals surface area contributed by atoms with Crippen molar-refractivity contribution in [2.45, 2.75) is 54.0 Å². The minimum atomic E-state index is -0.340. The molecule has 0 aromatic heterocycles. The average molecular weight is 283 g/mol. The highest BCUT2D eigenvalue weighted by molar-refractivity contribution is 5.27. The molecular formula is C17H27F2N. The monoisotopic (exact) mass is 283 g/mol. The van der Waals surface area contributed by atoms with Crippen molar-refractivity contribution < 1.29 is 8.78 Å².